The first-order valence-corrected chi connectivity index (χ1v) is 8.94. The highest BCUT2D eigenvalue weighted by atomic mass is 35.5. The predicted octanol–water partition coefficient (Wildman–Crippen LogP) is 2.80. The first-order valence-electron chi connectivity index (χ1n) is 8.56. The van der Waals surface area contributed by atoms with Crippen molar-refractivity contribution >= 4 is 17.5 Å². The van der Waals surface area contributed by atoms with Crippen LogP contribution in [0.3, 0.4) is 0 Å². The second-order valence-electron chi connectivity index (χ2n) is 6.89. The highest BCUT2D eigenvalue weighted by Crippen LogP contribution is 2.32. The van der Waals surface area contributed by atoms with Crippen molar-refractivity contribution < 1.29 is 9.90 Å². The second kappa shape index (κ2) is 7.20. The van der Waals surface area contributed by atoms with Crippen LogP contribution in [0.2, 0.25) is 5.02 Å². The van der Waals surface area contributed by atoms with Crippen LogP contribution in [0.15, 0.2) is 24.3 Å². The van der Waals surface area contributed by atoms with Crippen molar-refractivity contribution in [2.75, 3.05) is 13.1 Å². The van der Waals surface area contributed by atoms with Gasteiger partial charge in [-0.25, -0.2) is 0 Å². The molecule has 0 aliphatic heterocycles. The number of amides is 1. The zero-order chi connectivity index (χ0) is 16.3. The lowest BCUT2D eigenvalue weighted by molar-refractivity contribution is -0.127. The lowest BCUT2D eigenvalue weighted by atomic mass is 9.95. The molecule has 2 fully saturated rings. The van der Waals surface area contributed by atoms with E-state index in [0.29, 0.717) is 17.5 Å². The maximum absolute atomic E-state index is 12.6. The molecule has 3 N–H and O–H groups in total. The Hall–Kier alpha value is -1.10. The van der Waals surface area contributed by atoms with Gasteiger partial charge in [-0.15, -0.1) is 0 Å². The summed E-state index contributed by atoms with van der Waals surface area (Å²) in [5, 5.41) is 17.5. The summed E-state index contributed by atoms with van der Waals surface area (Å²) in [6.07, 6.45) is 5.63. The summed E-state index contributed by atoms with van der Waals surface area (Å²) in [6, 6.07) is 7.19. The van der Waals surface area contributed by atoms with E-state index in [1.54, 1.807) is 12.1 Å². The van der Waals surface area contributed by atoms with Crippen LogP contribution >= 0.6 is 11.6 Å². The molecule has 0 aromatic heterocycles. The number of rotatable bonds is 7. The monoisotopic (exact) mass is 336 g/mol. The van der Waals surface area contributed by atoms with Crippen LogP contribution in [0.5, 0.6) is 0 Å². The minimum absolute atomic E-state index is 0.102. The van der Waals surface area contributed by atoms with Crippen molar-refractivity contribution in [2.24, 2.45) is 5.92 Å². The molecular weight excluding hydrogens is 312 g/mol. The van der Waals surface area contributed by atoms with E-state index in [1.165, 1.54) is 12.8 Å². The first-order chi connectivity index (χ1) is 11.1. The molecule has 3 rings (SSSR count). The summed E-state index contributed by atoms with van der Waals surface area (Å²) in [6.45, 7) is 1.17. The van der Waals surface area contributed by atoms with Gasteiger partial charge in [-0.1, -0.05) is 36.6 Å². The Morgan fingerprint density at radius 2 is 1.91 bits per heavy atom. The van der Waals surface area contributed by atoms with Gasteiger partial charge in [0.25, 0.3) is 0 Å². The summed E-state index contributed by atoms with van der Waals surface area (Å²) < 4.78 is 0. The van der Waals surface area contributed by atoms with E-state index in [-0.39, 0.29) is 5.91 Å². The van der Waals surface area contributed by atoms with Crippen LogP contribution in [0.1, 0.15) is 50.2 Å². The minimum Gasteiger partial charge on any atom is -0.387 e. The normalized spacial score (nSPS) is 21.1. The third-order valence-electron chi connectivity index (χ3n) is 5.03. The fourth-order valence-corrected chi connectivity index (χ4v) is 3.41. The van der Waals surface area contributed by atoms with E-state index in [0.717, 1.165) is 37.8 Å². The van der Waals surface area contributed by atoms with Crippen molar-refractivity contribution in [1.82, 2.24) is 10.6 Å². The molecule has 2 aliphatic carbocycles. The molecule has 1 aromatic rings. The molecule has 5 heteroatoms. The Bertz CT molecular complexity index is 536. The quantitative estimate of drug-likeness (QED) is 0.717. The molecule has 0 radical (unpaired) electrons. The number of halogens is 1. The molecule has 2 aliphatic rings. The largest absolute Gasteiger partial charge is 0.387 e. The molecule has 126 valence electrons. The number of β-amino-alcohol motifs (C(OH)–C–C–N with tert-alkyl or cyclic N) is 1. The average molecular weight is 337 g/mol. The lowest BCUT2D eigenvalue weighted by Crippen LogP contribution is -2.56. The van der Waals surface area contributed by atoms with Crippen molar-refractivity contribution in [1.29, 1.82) is 0 Å². The summed E-state index contributed by atoms with van der Waals surface area (Å²) in [5.74, 6) is 0.780. The van der Waals surface area contributed by atoms with Crippen LogP contribution in [-0.2, 0) is 4.79 Å². The van der Waals surface area contributed by atoms with Crippen LogP contribution in [0.25, 0.3) is 0 Å². The number of carbonyl (C=O) groups excluding carboxylic acids is 1. The van der Waals surface area contributed by atoms with Gasteiger partial charge < -0.3 is 15.7 Å². The molecule has 1 amide bonds. The molecule has 1 unspecified atom stereocenters. The van der Waals surface area contributed by atoms with Gasteiger partial charge in [-0.05, 0) is 49.3 Å². The third kappa shape index (κ3) is 4.25. The smallest absolute Gasteiger partial charge is 0.240 e. The number of carbonyl (C=O) groups is 1. The van der Waals surface area contributed by atoms with E-state index in [2.05, 4.69) is 10.6 Å². The highest BCUT2D eigenvalue weighted by Gasteiger charge is 2.41. The number of hydrogen-bond donors (Lipinski definition) is 3. The molecular formula is C18H25ClN2O2. The van der Waals surface area contributed by atoms with Gasteiger partial charge in [0.15, 0.2) is 0 Å². The second-order valence-corrected chi connectivity index (χ2v) is 7.33. The standard InChI is InChI=1S/C18H25ClN2O2/c19-15-7-5-14(6-8-15)16(22)12-21-18(9-1-2-10-18)17(23)20-11-13-3-4-13/h5-8,13,16,21-22H,1-4,9-12H2,(H,20,23). The van der Waals surface area contributed by atoms with Gasteiger partial charge in [-0.2, -0.15) is 0 Å². The summed E-state index contributed by atoms with van der Waals surface area (Å²) in [5.41, 5.74) is 0.302. The van der Waals surface area contributed by atoms with Crippen LogP contribution in [-0.4, -0.2) is 29.6 Å². The Morgan fingerprint density at radius 3 is 2.52 bits per heavy atom. The van der Waals surface area contributed by atoms with E-state index >= 15 is 0 Å². The number of aliphatic hydroxyl groups is 1. The molecule has 4 nitrogen and oxygen atoms in total. The summed E-state index contributed by atoms with van der Waals surface area (Å²) >= 11 is 5.88. The SMILES string of the molecule is O=C(NCC1CC1)C1(NCC(O)c2ccc(Cl)cc2)CCCC1. The van der Waals surface area contributed by atoms with Gasteiger partial charge in [0.1, 0.15) is 0 Å². The molecule has 1 atom stereocenters. The molecule has 2 saturated carbocycles. The van der Waals surface area contributed by atoms with Gasteiger partial charge in [-0.3, -0.25) is 4.79 Å². The zero-order valence-electron chi connectivity index (χ0n) is 13.4. The van der Waals surface area contributed by atoms with Crippen LogP contribution in [0, 0.1) is 5.92 Å². The number of benzene rings is 1. The molecule has 0 bridgehead atoms. The van der Waals surface area contributed by atoms with E-state index in [4.69, 9.17) is 11.6 Å². The average Bonchev–Trinajstić information content (AvgIpc) is 3.27. The van der Waals surface area contributed by atoms with Crippen molar-refractivity contribution in [3.63, 3.8) is 0 Å². The number of nitrogens with one attached hydrogen (secondary N) is 2. The van der Waals surface area contributed by atoms with Crippen molar-refractivity contribution in [3.05, 3.63) is 34.9 Å². The van der Waals surface area contributed by atoms with Crippen molar-refractivity contribution in [3.8, 4) is 0 Å². The summed E-state index contributed by atoms with van der Waals surface area (Å²) in [4.78, 5) is 12.6. The Balaban J connectivity index is 1.57. The molecule has 0 heterocycles. The maximum atomic E-state index is 12.6. The topological polar surface area (TPSA) is 61.4 Å². The van der Waals surface area contributed by atoms with Gasteiger partial charge in [0.2, 0.25) is 5.91 Å². The predicted molar refractivity (Wildman–Crippen MR) is 91.3 cm³/mol. The van der Waals surface area contributed by atoms with Gasteiger partial charge >= 0.3 is 0 Å². The minimum atomic E-state index is -0.638. The zero-order valence-corrected chi connectivity index (χ0v) is 14.1. The number of aliphatic hydroxyl groups excluding tert-OH is 1. The molecule has 0 spiro atoms. The Morgan fingerprint density at radius 1 is 1.26 bits per heavy atom. The third-order valence-corrected chi connectivity index (χ3v) is 5.28. The van der Waals surface area contributed by atoms with Crippen LogP contribution in [0.4, 0.5) is 0 Å². The Labute approximate surface area is 142 Å². The fourth-order valence-electron chi connectivity index (χ4n) is 3.29. The van der Waals surface area contributed by atoms with Crippen LogP contribution < -0.4 is 10.6 Å². The fraction of sp³-hybridized carbons (Fsp3) is 0.611. The van der Waals surface area contributed by atoms with E-state index in [9.17, 15) is 9.90 Å². The molecule has 23 heavy (non-hydrogen) atoms. The first kappa shape index (κ1) is 16.7. The van der Waals surface area contributed by atoms with Gasteiger partial charge in [0.05, 0.1) is 11.6 Å². The molecule has 0 saturated heterocycles. The van der Waals surface area contributed by atoms with E-state index in [1.807, 2.05) is 12.1 Å². The number of hydrogen-bond acceptors (Lipinski definition) is 3. The summed E-state index contributed by atoms with van der Waals surface area (Å²) in [7, 11) is 0. The van der Waals surface area contributed by atoms with E-state index < -0.39 is 11.6 Å². The Kier molecular flexibility index (Phi) is 5.24. The van der Waals surface area contributed by atoms with Gasteiger partial charge in [0, 0.05) is 18.1 Å². The maximum Gasteiger partial charge on any atom is 0.240 e. The highest BCUT2D eigenvalue weighted by molar-refractivity contribution is 6.30. The molecule has 1 aromatic carbocycles. The van der Waals surface area contributed by atoms with Crippen molar-refractivity contribution in [2.45, 2.75) is 50.2 Å². The lowest BCUT2D eigenvalue weighted by Gasteiger charge is -2.30.